The predicted molar refractivity (Wildman–Crippen MR) is 269 cm³/mol. The number of anilines is 4. The van der Waals surface area contributed by atoms with Gasteiger partial charge in [0.2, 0.25) is 12.1 Å². The molecule has 0 saturated heterocycles. The van der Waals surface area contributed by atoms with Crippen LogP contribution >= 0.6 is 58.0 Å². The van der Waals surface area contributed by atoms with Crippen LogP contribution < -0.4 is 30.7 Å². The molecule has 21 heteroatoms. The second-order valence-electron chi connectivity index (χ2n) is 15.2. The number of rotatable bonds is 19. The van der Waals surface area contributed by atoms with Crippen LogP contribution in [0.5, 0.6) is 11.5 Å². The molecule has 0 fully saturated rings. The fourth-order valence-electron chi connectivity index (χ4n) is 6.53. The van der Waals surface area contributed by atoms with Crippen molar-refractivity contribution < 1.29 is 38.2 Å². The monoisotopic (exact) mass is 1040 g/mol. The Kier molecular flexibility index (Phi) is 18.8. The van der Waals surface area contributed by atoms with Gasteiger partial charge in [-0.15, -0.1) is 34.8 Å². The van der Waals surface area contributed by atoms with E-state index in [0.29, 0.717) is 39.6 Å². The molecule has 360 valence electrons. The molecule has 5 atom stereocenters. The van der Waals surface area contributed by atoms with E-state index >= 15 is 0 Å². The van der Waals surface area contributed by atoms with Crippen molar-refractivity contribution >= 4 is 127 Å². The van der Waals surface area contributed by atoms with Gasteiger partial charge in [0, 0.05) is 34.9 Å². The summed E-state index contributed by atoms with van der Waals surface area (Å²) in [7, 11) is 2.97. The number of hydrogen-bond acceptors (Lipinski definition) is 12. The fraction of sp³-hybridized carbons (Fsp3) is 0.250. The van der Waals surface area contributed by atoms with Crippen molar-refractivity contribution in [3.63, 3.8) is 0 Å². The lowest BCUT2D eigenvalue weighted by Gasteiger charge is -2.17. The molecule has 0 radical (unpaired) electrons. The number of Topliss-reactive ketones (excluding diaryl/α,β-unsaturated/α-hetero) is 2. The average molecular weight is 1040 g/mol. The maximum Gasteiger partial charge on any atom is 0.258 e. The lowest BCUT2D eigenvalue weighted by Crippen LogP contribution is -2.32. The van der Waals surface area contributed by atoms with Crippen LogP contribution in [0.15, 0.2) is 111 Å². The summed E-state index contributed by atoms with van der Waals surface area (Å²) in [5.74, 6) is -3.29. The zero-order valence-electron chi connectivity index (χ0n) is 38.0. The largest absolute Gasteiger partial charge is 0.497 e. The molecule has 5 aromatic rings. The Labute approximate surface area is 422 Å². The molecular formula is C48H45Cl5N8O8. The van der Waals surface area contributed by atoms with Gasteiger partial charge in [0.1, 0.15) is 22.9 Å². The summed E-state index contributed by atoms with van der Waals surface area (Å²) in [6.07, 6.45) is 0. The van der Waals surface area contributed by atoms with Gasteiger partial charge >= 0.3 is 0 Å². The molecule has 4 N–H and O–H groups in total. The lowest BCUT2D eigenvalue weighted by atomic mass is 10.1. The molecule has 5 unspecified atom stereocenters. The lowest BCUT2D eigenvalue weighted by molar-refractivity contribution is -0.127. The third kappa shape index (κ3) is 13.6. The van der Waals surface area contributed by atoms with Crippen molar-refractivity contribution in [1.29, 1.82) is 0 Å². The fourth-order valence-corrected chi connectivity index (χ4v) is 7.59. The minimum Gasteiger partial charge on any atom is -0.497 e. The normalized spacial score (nSPS) is 13.4. The quantitative estimate of drug-likeness (QED) is 0.0353. The van der Waals surface area contributed by atoms with Gasteiger partial charge in [-0.3, -0.25) is 28.8 Å². The van der Waals surface area contributed by atoms with Gasteiger partial charge < -0.3 is 30.7 Å². The summed E-state index contributed by atoms with van der Waals surface area (Å²) in [4.78, 5) is 79.3. The number of halogens is 5. The molecule has 0 aliphatic heterocycles. The minimum absolute atomic E-state index is 0.000700. The Morgan fingerprint density at radius 3 is 1.32 bits per heavy atom. The van der Waals surface area contributed by atoms with Crippen LogP contribution in [-0.2, 0) is 19.2 Å². The van der Waals surface area contributed by atoms with Gasteiger partial charge in [-0.25, -0.2) is 0 Å². The molecule has 5 aromatic carbocycles. The molecule has 0 aliphatic carbocycles. The number of benzene rings is 5. The molecule has 0 aromatic heterocycles. The number of amides is 4. The van der Waals surface area contributed by atoms with Crippen molar-refractivity contribution in [2.24, 2.45) is 20.5 Å². The van der Waals surface area contributed by atoms with Crippen LogP contribution in [0.3, 0.4) is 0 Å². The van der Waals surface area contributed by atoms with Crippen molar-refractivity contribution in [3.05, 3.63) is 129 Å². The predicted octanol–water partition coefficient (Wildman–Crippen LogP) is 12.8. The van der Waals surface area contributed by atoms with Crippen LogP contribution in [0.4, 0.5) is 34.1 Å². The summed E-state index contributed by atoms with van der Waals surface area (Å²) in [6, 6.07) is 20.0. The highest BCUT2D eigenvalue weighted by Crippen LogP contribution is 2.36. The Bertz CT molecular complexity index is 2860. The molecule has 0 spiro atoms. The molecule has 69 heavy (non-hydrogen) atoms. The van der Waals surface area contributed by atoms with Gasteiger partial charge in [-0.05, 0) is 106 Å². The zero-order valence-corrected chi connectivity index (χ0v) is 41.8. The summed E-state index contributed by atoms with van der Waals surface area (Å²) in [5, 5.41) is 25.1. The summed E-state index contributed by atoms with van der Waals surface area (Å²) in [6.45, 7) is 7.40. The number of nitrogens with one attached hydrogen (secondary N) is 4. The van der Waals surface area contributed by atoms with Gasteiger partial charge in [0.25, 0.3) is 23.6 Å². The molecule has 16 nitrogen and oxygen atoms in total. The molecule has 0 heterocycles. The summed E-state index contributed by atoms with van der Waals surface area (Å²) >= 11 is 32.4. The van der Waals surface area contributed by atoms with E-state index in [9.17, 15) is 28.8 Å². The van der Waals surface area contributed by atoms with Crippen molar-refractivity contribution in [2.75, 3.05) is 35.5 Å². The molecule has 4 amide bonds. The second-order valence-corrected chi connectivity index (χ2v) is 17.9. The van der Waals surface area contributed by atoms with Gasteiger partial charge in [0.05, 0.1) is 51.5 Å². The number of alkyl halides is 3. The van der Waals surface area contributed by atoms with Crippen LogP contribution in [0, 0.1) is 0 Å². The first-order chi connectivity index (χ1) is 32.7. The van der Waals surface area contributed by atoms with E-state index < -0.39 is 63.4 Å². The highest BCUT2D eigenvalue weighted by atomic mass is 35.5. The molecule has 5 rings (SSSR count). The molecule has 0 saturated carbocycles. The first-order valence-electron chi connectivity index (χ1n) is 20.8. The smallest absolute Gasteiger partial charge is 0.258 e. The molecular weight excluding hydrogens is 994 g/mol. The number of hydrogen-bond donors (Lipinski definition) is 4. The molecule has 0 aliphatic rings. The van der Waals surface area contributed by atoms with Gasteiger partial charge in [-0.2, -0.15) is 20.5 Å². The maximum absolute atomic E-state index is 13.6. The topological polar surface area (TPSA) is 218 Å². The standard InChI is InChI=1S/C48H45Cl5N8O8/c1-23(49)31-17-15-29(68-6)21-39(31)56-45(64)33-10-8-12-37(41(33)52)58-60-43(26(4)62)47(66)54-28-14-19-36(35(20-28)25(3)51)55-48(67)44(27(5)63)61-59-38-13-9-11-34(42(38)53)46(65)57-40-22-30(69-7)16-18-32(40)24(2)50/h8-25,43-44H,1-7H3,(H,54,66)(H,55,67)(H,56,64)(H,57,65). The summed E-state index contributed by atoms with van der Waals surface area (Å²) in [5.41, 5.74) is 2.79. The van der Waals surface area contributed by atoms with E-state index in [1.807, 2.05) is 0 Å². The van der Waals surface area contributed by atoms with Crippen molar-refractivity contribution in [1.82, 2.24) is 0 Å². The van der Waals surface area contributed by atoms with E-state index in [1.54, 1.807) is 57.2 Å². The molecule has 0 bridgehead atoms. The first-order valence-corrected chi connectivity index (χ1v) is 22.9. The number of methoxy groups -OCH3 is 2. The van der Waals surface area contributed by atoms with Crippen LogP contribution in [0.1, 0.15) is 88.2 Å². The number of carbonyl (C=O) groups excluding carboxylic acids is 6. The summed E-state index contributed by atoms with van der Waals surface area (Å²) < 4.78 is 10.6. The van der Waals surface area contributed by atoms with E-state index in [0.717, 1.165) is 13.8 Å². The van der Waals surface area contributed by atoms with E-state index in [-0.39, 0.29) is 43.9 Å². The zero-order chi connectivity index (χ0) is 50.7. The van der Waals surface area contributed by atoms with E-state index in [1.165, 1.54) is 68.8 Å². The average Bonchev–Trinajstić information content (AvgIpc) is 3.29. The van der Waals surface area contributed by atoms with E-state index in [2.05, 4.69) is 41.7 Å². The van der Waals surface area contributed by atoms with Crippen molar-refractivity contribution in [2.45, 2.75) is 62.8 Å². The van der Waals surface area contributed by atoms with Crippen LogP contribution in [0.2, 0.25) is 10.0 Å². The second kappa shape index (κ2) is 24.2. The number of nitrogens with zero attached hydrogens (tertiary/aromatic N) is 4. The van der Waals surface area contributed by atoms with E-state index in [4.69, 9.17) is 67.5 Å². The third-order valence-corrected chi connectivity index (χ3v) is 11.7. The van der Waals surface area contributed by atoms with Crippen molar-refractivity contribution in [3.8, 4) is 11.5 Å². The Hall–Kier alpha value is -6.43. The van der Waals surface area contributed by atoms with Crippen LogP contribution in [-0.4, -0.2) is 61.5 Å². The third-order valence-electron chi connectivity index (χ3n) is 10.2. The minimum atomic E-state index is -1.66. The number of azo groups is 2. The number of ketones is 2. The Balaban J connectivity index is 1.30. The SMILES string of the molecule is COc1ccc(C(C)Cl)c(NC(=O)c2cccc(N=NC(C(C)=O)C(=O)Nc3ccc(NC(=O)C(N=Nc4cccc(C(=O)Nc5cc(OC)ccc5C(C)Cl)c4Cl)C(C)=O)c(C(C)Cl)c3)c2Cl)c1. The number of carbonyl (C=O) groups is 6. The first kappa shape index (κ1) is 53.5. The van der Waals surface area contributed by atoms with Gasteiger partial charge in [-0.1, -0.05) is 47.5 Å². The van der Waals surface area contributed by atoms with Crippen LogP contribution in [0.25, 0.3) is 0 Å². The Morgan fingerprint density at radius 2 is 0.928 bits per heavy atom. The Morgan fingerprint density at radius 1 is 0.507 bits per heavy atom. The highest BCUT2D eigenvalue weighted by molar-refractivity contribution is 6.37. The number of ether oxygens (including phenoxy) is 2. The maximum atomic E-state index is 13.6. The highest BCUT2D eigenvalue weighted by Gasteiger charge is 2.27. The van der Waals surface area contributed by atoms with Gasteiger partial charge in [0.15, 0.2) is 11.6 Å².